The van der Waals surface area contributed by atoms with Crippen LogP contribution in [0.5, 0.6) is 5.88 Å². The maximum Gasteiger partial charge on any atom is 0.303 e. The summed E-state index contributed by atoms with van der Waals surface area (Å²) in [6.45, 7) is 4.50. The molecule has 1 unspecified atom stereocenters. The van der Waals surface area contributed by atoms with Crippen LogP contribution in [0.25, 0.3) is 11.3 Å². The summed E-state index contributed by atoms with van der Waals surface area (Å²) in [4.78, 5) is 16.7. The number of carboxylic acid groups (broad SMARTS) is 1. The number of carbonyl (C=O) groups is 1. The summed E-state index contributed by atoms with van der Waals surface area (Å²) in [6.07, 6.45) is 0.547. The highest BCUT2D eigenvalue weighted by Crippen LogP contribution is 2.33. The Hall–Kier alpha value is -2.70. The lowest BCUT2D eigenvalue weighted by Crippen LogP contribution is -2.23. The standard InChI is InChI=1S/C20H22F2N2O3/c1-12(2)27-18-5-3-4-17(23-18)14-9-15(21)20(16(22)10-14)24-7-6-13(11-24)8-19(25)26/h3-5,9-10,12-13H,6-8,11H2,1-2H3,(H,25,26). The van der Waals surface area contributed by atoms with Gasteiger partial charge in [0.2, 0.25) is 5.88 Å². The van der Waals surface area contributed by atoms with Crippen molar-refractivity contribution in [1.29, 1.82) is 0 Å². The highest BCUT2D eigenvalue weighted by atomic mass is 19.1. The van der Waals surface area contributed by atoms with E-state index in [1.807, 2.05) is 13.8 Å². The number of halogens is 2. The van der Waals surface area contributed by atoms with Crippen LogP contribution in [0.3, 0.4) is 0 Å². The average Bonchev–Trinajstić information content (AvgIpc) is 3.01. The molecule has 0 aliphatic carbocycles. The Morgan fingerprint density at radius 3 is 2.67 bits per heavy atom. The number of aliphatic carboxylic acids is 1. The maximum atomic E-state index is 14.7. The molecule has 1 aromatic carbocycles. The number of carboxylic acids is 1. The van der Waals surface area contributed by atoms with E-state index in [0.29, 0.717) is 36.6 Å². The summed E-state index contributed by atoms with van der Waals surface area (Å²) in [5, 5.41) is 8.90. The van der Waals surface area contributed by atoms with Gasteiger partial charge in [-0.15, -0.1) is 0 Å². The minimum atomic E-state index is -0.896. The SMILES string of the molecule is CC(C)Oc1cccc(-c2cc(F)c(N3CCC(CC(=O)O)C3)c(F)c2)n1. The summed E-state index contributed by atoms with van der Waals surface area (Å²) >= 11 is 0. The van der Waals surface area contributed by atoms with Crippen molar-refractivity contribution in [2.24, 2.45) is 5.92 Å². The van der Waals surface area contributed by atoms with Crippen molar-refractivity contribution >= 4 is 11.7 Å². The Labute approximate surface area is 156 Å². The van der Waals surface area contributed by atoms with E-state index in [1.54, 1.807) is 23.1 Å². The average molecular weight is 376 g/mol. The highest BCUT2D eigenvalue weighted by Gasteiger charge is 2.28. The van der Waals surface area contributed by atoms with Gasteiger partial charge in [-0.3, -0.25) is 4.79 Å². The molecule has 0 saturated carbocycles. The van der Waals surface area contributed by atoms with Crippen LogP contribution < -0.4 is 9.64 Å². The third kappa shape index (κ3) is 4.53. The number of hydrogen-bond acceptors (Lipinski definition) is 4. The Morgan fingerprint density at radius 2 is 2.04 bits per heavy atom. The van der Waals surface area contributed by atoms with Crippen molar-refractivity contribution in [1.82, 2.24) is 4.98 Å². The van der Waals surface area contributed by atoms with E-state index in [2.05, 4.69) is 4.98 Å². The van der Waals surface area contributed by atoms with Crippen LogP contribution >= 0.6 is 0 Å². The van der Waals surface area contributed by atoms with E-state index >= 15 is 0 Å². The molecule has 0 spiro atoms. The van der Waals surface area contributed by atoms with E-state index in [0.717, 1.165) is 0 Å². The molecule has 1 aliphatic heterocycles. The zero-order valence-corrected chi connectivity index (χ0v) is 15.3. The summed E-state index contributed by atoms with van der Waals surface area (Å²) < 4.78 is 34.9. The van der Waals surface area contributed by atoms with E-state index in [9.17, 15) is 13.6 Å². The van der Waals surface area contributed by atoms with Crippen molar-refractivity contribution < 1.29 is 23.4 Å². The third-order valence-corrected chi connectivity index (χ3v) is 4.46. The minimum absolute atomic E-state index is 0.00435. The number of rotatable bonds is 6. The second-order valence-corrected chi connectivity index (χ2v) is 7.01. The van der Waals surface area contributed by atoms with Crippen molar-refractivity contribution in [3.05, 3.63) is 42.0 Å². The largest absolute Gasteiger partial charge is 0.481 e. The second kappa shape index (κ2) is 7.90. The van der Waals surface area contributed by atoms with Crippen LogP contribution in [0.1, 0.15) is 26.7 Å². The molecule has 144 valence electrons. The first-order valence-corrected chi connectivity index (χ1v) is 8.93. The van der Waals surface area contributed by atoms with E-state index in [1.165, 1.54) is 12.1 Å². The van der Waals surface area contributed by atoms with Crippen LogP contribution in [0.2, 0.25) is 0 Å². The van der Waals surface area contributed by atoms with Gasteiger partial charge in [0.15, 0.2) is 0 Å². The molecular formula is C20H22F2N2O3. The number of aromatic nitrogens is 1. The Morgan fingerprint density at radius 1 is 1.33 bits per heavy atom. The number of pyridine rings is 1. The van der Waals surface area contributed by atoms with Gasteiger partial charge in [0.25, 0.3) is 0 Å². The summed E-state index contributed by atoms with van der Waals surface area (Å²) in [7, 11) is 0. The van der Waals surface area contributed by atoms with Crippen LogP contribution in [0, 0.1) is 17.6 Å². The molecule has 0 bridgehead atoms. The molecule has 0 amide bonds. The number of hydrogen-bond donors (Lipinski definition) is 1. The molecule has 2 heterocycles. The predicted octanol–water partition coefficient (Wildman–Crippen LogP) is 4.12. The molecular weight excluding hydrogens is 354 g/mol. The third-order valence-electron chi connectivity index (χ3n) is 4.46. The lowest BCUT2D eigenvalue weighted by atomic mass is 10.1. The zero-order chi connectivity index (χ0) is 19.6. The molecule has 3 rings (SSSR count). The van der Waals surface area contributed by atoms with Gasteiger partial charge in [-0.05, 0) is 44.4 Å². The van der Waals surface area contributed by atoms with Gasteiger partial charge in [-0.2, -0.15) is 0 Å². The van der Waals surface area contributed by atoms with Gasteiger partial charge in [-0.1, -0.05) is 6.07 Å². The molecule has 1 saturated heterocycles. The fourth-order valence-corrected chi connectivity index (χ4v) is 3.35. The van der Waals surface area contributed by atoms with Crippen LogP contribution in [0.15, 0.2) is 30.3 Å². The van der Waals surface area contributed by atoms with E-state index in [4.69, 9.17) is 9.84 Å². The van der Waals surface area contributed by atoms with Gasteiger partial charge >= 0.3 is 5.97 Å². The quantitative estimate of drug-likeness (QED) is 0.822. The molecule has 1 aromatic heterocycles. The number of ether oxygens (including phenoxy) is 1. The predicted molar refractivity (Wildman–Crippen MR) is 97.9 cm³/mol. The summed E-state index contributed by atoms with van der Waals surface area (Å²) in [5.74, 6) is -1.97. The summed E-state index contributed by atoms with van der Waals surface area (Å²) in [5.41, 5.74) is 0.633. The number of nitrogens with zero attached hydrogens (tertiary/aromatic N) is 2. The monoisotopic (exact) mass is 376 g/mol. The lowest BCUT2D eigenvalue weighted by molar-refractivity contribution is -0.137. The van der Waals surface area contributed by atoms with Crippen LogP contribution in [0.4, 0.5) is 14.5 Å². The highest BCUT2D eigenvalue weighted by molar-refractivity contribution is 5.68. The van der Waals surface area contributed by atoms with Gasteiger partial charge < -0.3 is 14.7 Å². The molecule has 7 heteroatoms. The fraction of sp³-hybridized carbons (Fsp3) is 0.400. The van der Waals surface area contributed by atoms with Gasteiger partial charge in [0.05, 0.1) is 11.8 Å². The normalized spacial score (nSPS) is 16.8. The smallest absolute Gasteiger partial charge is 0.303 e. The van der Waals surface area contributed by atoms with Crippen molar-refractivity contribution in [3.63, 3.8) is 0 Å². The molecule has 1 atom stereocenters. The first-order valence-electron chi connectivity index (χ1n) is 8.93. The topological polar surface area (TPSA) is 62.7 Å². The molecule has 1 N–H and O–H groups in total. The molecule has 1 aliphatic rings. The van der Waals surface area contributed by atoms with Crippen molar-refractivity contribution in [2.75, 3.05) is 18.0 Å². The summed E-state index contributed by atoms with van der Waals surface area (Å²) in [6, 6.07) is 7.59. The molecule has 2 aromatic rings. The van der Waals surface area contributed by atoms with E-state index in [-0.39, 0.29) is 24.1 Å². The van der Waals surface area contributed by atoms with Gasteiger partial charge in [0.1, 0.15) is 17.3 Å². The Kier molecular flexibility index (Phi) is 5.58. The van der Waals surface area contributed by atoms with Gasteiger partial charge in [-0.25, -0.2) is 13.8 Å². The first kappa shape index (κ1) is 19.1. The minimum Gasteiger partial charge on any atom is -0.481 e. The number of anilines is 1. The molecule has 27 heavy (non-hydrogen) atoms. The number of benzene rings is 1. The zero-order valence-electron chi connectivity index (χ0n) is 15.3. The first-order chi connectivity index (χ1) is 12.8. The van der Waals surface area contributed by atoms with Crippen LogP contribution in [-0.4, -0.2) is 35.3 Å². The Balaban J connectivity index is 1.85. The Bertz CT molecular complexity index is 819. The van der Waals surface area contributed by atoms with Crippen LogP contribution in [-0.2, 0) is 4.79 Å². The van der Waals surface area contributed by atoms with Crippen molar-refractivity contribution in [2.45, 2.75) is 32.8 Å². The molecule has 1 fully saturated rings. The second-order valence-electron chi connectivity index (χ2n) is 7.01. The van der Waals surface area contributed by atoms with Crippen molar-refractivity contribution in [3.8, 4) is 17.1 Å². The van der Waals surface area contributed by atoms with E-state index < -0.39 is 17.6 Å². The lowest BCUT2D eigenvalue weighted by Gasteiger charge is -2.20. The molecule has 5 nitrogen and oxygen atoms in total. The maximum absolute atomic E-state index is 14.7. The van der Waals surface area contributed by atoms with Gasteiger partial charge in [0, 0.05) is 31.1 Å². The fourth-order valence-electron chi connectivity index (χ4n) is 3.35. The molecule has 0 radical (unpaired) electrons.